The van der Waals surface area contributed by atoms with Crippen molar-refractivity contribution in [3.63, 3.8) is 0 Å². The number of pyridine rings is 1. The standard InChI is InChI=1S/C17H17FN2O3/c18-15-9-13(16(21)20-22)10-19-17(15)23-14-7-5-12(6-8-14)11-3-1-2-4-11/h5-11,22H,1-4H2,(H,20,21). The Balaban J connectivity index is 1.72. The third-order valence-corrected chi connectivity index (χ3v) is 4.09. The zero-order chi connectivity index (χ0) is 16.2. The maximum atomic E-state index is 13.9. The number of hydrogen-bond donors (Lipinski definition) is 2. The summed E-state index contributed by atoms with van der Waals surface area (Å²) < 4.78 is 19.3. The van der Waals surface area contributed by atoms with E-state index in [4.69, 9.17) is 9.94 Å². The van der Waals surface area contributed by atoms with Gasteiger partial charge in [0, 0.05) is 6.20 Å². The summed E-state index contributed by atoms with van der Waals surface area (Å²) in [6.07, 6.45) is 6.10. The third kappa shape index (κ3) is 3.48. The van der Waals surface area contributed by atoms with Gasteiger partial charge in [-0.05, 0) is 42.5 Å². The average molecular weight is 316 g/mol. The Labute approximate surface area is 133 Å². The van der Waals surface area contributed by atoms with Gasteiger partial charge in [-0.2, -0.15) is 0 Å². The van der Waals surface area contributed by atoms with Gasteiger partial charge in [0.1, 0.15) is 5.75 Å². The number of amides is 1. The van der Waals surface area contributed by atoms with Gasteiger partial charge < -0.3 is 4.74 Å². The Morgan fingerprint density at radius 3 is 2.57 bits per heavy atom. The predicted octanol–water partition coefficient (Wildman–Crippen LogP) is 3.79. The smallest absolute Gasteiger partial charge is 0.276 e. The summed E-state index contributed by atoms with van der Waals surface area (Å²) in [6, 6.07) is 8.54. The molecule has 1 saturated carbocycles. The lowest BCUT2D eigenvalue weighted by molar-refractivity contribution is 0.0705. The van der Waals surface area contributed by atoms with Gasteiger partial charge >= 0.3 is 0 Å². The monoisotopic (exact) mass is 316 g/mol. The van der Waals surface area contributed by atoms with Crippen LogP contribution in [0, 0.1) is 5.82 Å². The molecule has 2 aromatic rings. The van der Waals surface area contributed by atoms with E-state index in [1.807, 2.05) is 12.1 Å². The topological polar surface area (TPSA) is 71.5 Å². The van der Waals surface area contributed by atoms with Crippen molar-refractivity contribution in [2.45, 2.75) is 31.6 Å². The van der Waals surface area contributed by atoms with E-state index in [-0.39, 0.29) is 11.4 Å². The molecule has 0 atom stereocenters. The fourth-order valence-electron chi connectivity index (χ4n) is 2.87. The summed E-state index contributed by atoms with van der Waals surface area (Å²) in [5.41, 5.74) is 2.61. The van der Waals surface area contributed by atoms with E-state index >= 15 is 0 Å². The molecule has 0 spiro atoms. The van der Waals surface area contributed by atoms with Gasteiger partial charge in [0.05, 0.1) is 5.56 Å². The summed E-state index contributed by atoms with van der Waals surface area (Å²) in [4.78, 5) is 15.0. The minimum Gasteiger partial charge on any atom is -0.436 e. The van der Waals surface area contributed by atoms with Crippen LogP contribution in [0.3, 0.4) is 0 Å². The Morgan fingerprint density at radius 2 is 1.96 bits per heavy atom. The molecule has 120 valence electrons. The molecular formula is C17H17FN2O3. The first-order valence-electron chi connectivity index (χ1n) is 7.55. The van der Waals surface area contributed by atoms with Gasteiger partial charge in [-0.1, -0.05) is 25.0 Å². The van der Waals surface area contributed by atoms with E-state index in [0.29, 0.717) is 11.7 Å². The number of hydrogen-bond acceptors (Lipinski definition) is 4. The predicted molar refractivity (Wildman–Crippen MR) is 81.2 cm³/mol. The van der Waals surface area contributed by atoms with Gasteiger partial charge in [0.15, 0.2) is 5.82 Å². The van der Waals surface area contributed by atoms with Gasteiger partial charge in [-0.25, -0.2) is 14.9 Å². The number of nitrogens with one attached hydrogen (secondary N) is 1. The fraction of sp³-hybridized carbons (Fsp3) is 0.294. The van der Waals surface area contributed by atoms with Gasteiger partial charge in [-0.3, -0.25) is 10.0 Å². The van der Waals surface area contributed by atoms with Gasteiger partial charge in [0.25, 0.3) is 11.8 Å². The van der Waals surface area contributed by atoms with Crippen molar-refractivity contribution in [3.8, 4) is 11.6 Å². The molecule has 0 aliphatic heterocycles. The Hall–Kier alpha value is -2.47. The molecule has 2 N–H and O–H groups in total. The number of hydroxylamine groups is 1. The summed E-state index contributed by atoms with van der Waals surface area (Å²) in [5.74, 6) is -0.726. The molecule has 0 bridgehead atoms. The van der Waals surface area contributed by atoms with E-state index in [1.165, 1.54) is 36.7 Å². The van der Waals surface area contributed by atoms with Crippen molar-refractivity contribution in [3.05, 3.63) is 53.5 Å². The van der Waals surface area contributed by atoms with Crippen LogP contribution in [0.2, 0.25) is 0 Å². The van der Waals surface area contributed by atoms with Crippen LogP contribution in [-0.4, -0.2) is 16.1 Å². The molecule has 1 amide bonds. The molecule has 5 nitrogen and oxygen atoms in total. The number of benzene rings is 1. The van der Waals surface area contributed by atoms with Crippen LogP contribution in [0.1, 0.15) is 47.5 Å². The first kappa shape index (κ1) is 15.4. The highest BCUT2D eigenvalue weighted by atomic mass is 19.1. The van der Waals surface area contributed by atoms with Crippen molar-refractivity contribution in [1.29, 1.82) is 0 Å². The highest BCUT2D eigenvalue weighted by molar-refractivity contribution is 5.93. The largest absolute Gasteiger partial charge is 0.436 e. The van der Waals surface area contributed by atoms with Crippen LogP contribution in [0.5, 0.6) is 11.6 Å². The van der Waals surface area contributed by atoms with Crippen molar-refractivity contribution < 1.29 is 19.1 Å². The molecule has 0 saturated heterocycles. The Kier molecular flexibility index (Phi) is 4.52. The Morgan fingerprint density at radius 1 is 1.26 bits per heavy atom. The zero-order valence-corrected chi connectivity index (χ0v) is 12.5. The molecule has 1 fully saturated rings. The van der Waals surface area contributed by atoms with E-state index in [9.17, 15) is 9.18 Å². The molecule has 0 unspecified atom stereocenters. The summed E-state index contributed by atoms with van der Waals surface area (Å²) in [7, 11) is 0. The second kappa shape index (κ2) is 6.75. The molecule has 0 radical (unpaired) electrons. The van der Waals surface area contributed by atoms with E-state index in [2.05, 4.69) is 4.98 Å². The lowest BCUT2D eigenvalue weighted by Gasteiger charge is -2.11. The molecule has 1 aromatic carbocycles. The molecule has 1 aromatic heterocycles. The number of halogens is 1. The van der Waals surface area contributed by atoms with Crippen molar-refractivity contribution in [2.24, 2.45) is 0 Å². The van der Waals surface area contributed by atoms with E-state index in [0.717, 1.165) is 12.3 Å². The maximum Gasteiger partial charge on any atom is 0.276 e. The van der Waals surface area contributed by atoms with E-state index in [1.54, 1.807) is 12.1 Å². The van der Waals surface area contributed by atoms with Crippen LogP contribution in [0.15, 0.2) is 36.5 Å². The van der Waals surface area contributed by atoms with Crippen molar-refractivity contribution in [2.75, 3.05) is 0 Å². The molecule has 1 aliphatic rings. The maximum absolute atomic E-state index is 13.9. The quantitative estimate of drug-likeness (QED) is 0.665. The lowest BCUT2D eigenvalue weighted by Crippen LogP contribution is -2.19. The molecule has 6 heteroatoms. The number of nitrogens with zero attached hydrogens (tertiary/aromatic N) is 1. The number of carbonyl (C=O) groups excluding carboxylic acids is 1. The van der Waals surface area contributed by atoms with Crippen LogP contribution >= 0.6 is 0 Å². The first-order chi connectivity index (χ1) is 11.2. The minimum absolute atomic E-state index is 0.0890. The average Bonchev–Trinajstić information content (AvgIpc) is 3.11. The van der Waals surface area contributed by atoms with Crippen LogP contribution in [0.25, 0.3) is 0 Å². The first-order valence-corrected chi connectivity index (χ1v) is 7.55. The molecule has 3 rings (SSSR count). The summed E-state index contributed by atoms with van der Waals surface area (Å²) >= 11 is 0. The highest BCUT2D eigenvalue weighted by Crippen LogP contribution is 2.35. The number of rotatable bonds is 4. The SMILES string of the molecule is O=C(NO)c1cnc(Oc2ccc(C3CCCC3)cc2)c(F)c1. The third-order valence-electron chi connectivity index (χ3n) is 4.09. The summed E-state index contributed by atoms with van der Waals surface area (Å²) in [5, 5.41) is 8.52. The van der Waals surface area contributed by atoms with Gasteiger partial charge in [0.2, 0.25) is 0 Å². The zero-order valence-electron chi connectivity index (χ0n) is 12.5. The van der Waals surface area contributed by atoms with Gasteiger partial charge in [-0.15, -0.1) is 0 Å². The number of aromatic nitrogens is 1. The second-order valence-corrected chi connectivity index (χ2v) is 5.60. The Bertz CT molecular complexity index is 697. The number of ether oxygens (including phenoxy) is 1. The van der Waals surface area contributed by atoms with Crippen molar-refractivity contribution in [1.82, 2.24) is 10.5 Å². The second-order valence-electron chi connectivity index (χ2n) is 5.60. The van der Waals surface area contributed by atoms with Crippen LogP contribution < -0.4 is 10.2 Å². The fourth-order valence-corrected chi connectivity index (χ4v) is 2.87. The normalized spacial score (nSPS) is 14.7. The van der Waals surface area contributed by atoms with Crippen LogP contribution in [-0.2, 0) is 0 Å². The van der Waals surface area contributed by atoms with Crippen LogP contribution in [0.4, 0.5) is 4.39 Å². The molecule has 1 aliphatic carbocycles. The van der Waals surface area contributed by atoms with Crippen molar-refractivity contribution >= 4 is 5.91 Å². The summed E-state index contributed by atoms with van der Waals surface area (Å²) in [6.45, 7) is 0. The highest BCUT2D eigenvalue weighted by Gasteiger charge is 2.17. The lowest BCUT2D eigenvalue weighted by atomic mass is 9.98. The number of carbonyl (C=O) groups is 1. The molecule has 23 heavy (non-hydrogen) atoms. The molecular weight excluding hydrogens is 299 g/mol. The minimum atomic E-state index is -0.830. The molecule has 1 heterocycles. The van der Waals surface area contributed by atoms with E-state index < -0.39 is 11.7 Å².